The van der Waals surface area contributed by atoms with Crippen molar-refractivity contribution < 1.29 is 19.2 Å². The van der Waals surface area contributed by atoms with Crippen molar-refractivity contribution in [3.63, 3.8) is 0 Å². The summed E-state index contributed by atoms with van der Waals surface area (Å²) in [5.41, 5.74) is 0.652. The number of benzene rings is 1. The highest BCUT2D eigenvalue weighted by molar-refractivity contribution is 9.10. The van der Waals surface area contributed by atoms with Crippen molar-refractivity contribution in [3.8, 4) is 0 Å². The van der Waals surface area contributed by atoms with Gasteiger partial charge in [0, 0.05) is 10.4 Å². The van der Waals surface area contributed by atoms with Gasteiger partial charge in [0.05, 0.1) is 22.6 Å². The van der Waals surface area contributed by atoms with Gasteiger partial charge in [-0.2, -0.15) is 0 Å². The highest BCUT2D eigenvalue weighted by Gasteiger charge is 2.57. The molecule has 1 amide bonds. The molecule has 0 saturated heterocycles. The smallest absolute Gasteiger partial charge is 0.306 e. The Morgan fingerprint density at radius 3 is 2.59 bits per heavy atom. The summed E-state index contributed by atoms with van der Waals surface area (Å²) >= 11 is 3.94. The Bertz CT molecular complexity index is 857. The number of ether oxygens (including phenoxy) is 1. The number of amides is 1. The van der Waals surface area contributed by atoms with E-state index >= 15 is 0 Å². The molecule has 1 N–H and O–H groups in total. The summed E-state index contributed by atoms with van der Waals surface area (Å²) in [7, 11) is 0. The predicted molar refractivity (Wildman–Crippen MR) is 111 cm³/mol. The first-order valence-electron chi connectivity index (χ1n) is 10.1. The van der Waals surface area contributed by atoms with E-state index in [1.165, 1.54) is 31.4 Å². The Morgan fingerprint density at radius 1 is 1.28 bits per heavy atom. The number of halogens is 1. The molecule has 0 heterocycles. The average molecular weight is 465 g/mol. The van der Waals surface area contributed by atoms with E-state index < -0.39 is 10.8 Å². The molecule has 5 rings (SSSR count). The number of nitro groups is 1. The molecule has 0 radical (unpaired) electrons. The average Bonchev–Trinajstić information content (AvgIpc) is 2.59. The lowest BCUT2D eigenvalue weighted by atomic mass is 9.49. The Hall–Kier alpha value is -1.96. The maximum absolute atomic E-state index is 12.5. The third-order valence-corrected chi connectivity index (χ3v) is 7.70. The molecule has 0 aliphatic heterocycles. The van der Waals surface area contributed by atoms with Gasteiger partial charge in [-0.25, -0.2) is 0 Å². The second kappa shape index (κ2) is 7.38. The summed E-state index contributed by atoms with van der Waals surface area (Å²) in [4.78, 5) is 35.2. The van der Waals surface area contributed by atoms with Crippen molar-refractivity contribution in [2.24, 2.45) is 17.3 Å². The molecule has 4 aliphatic carbocycles. The molecule has 1 aromatic carbocycles. The van der Waals surface area contributed by atoms with Crippen LogP contribution in [0.5, 0.6) is 0 Å². The summed E-state index contributed by atoms with van der Waals surface area (Å²) < 4.78 is 5.44. The van der Waals surface area contributed by atoms with Crippen LogP contribution in [0.15, 0.2) is 18.2 Å². The van der Waals surface area contributed by atoms with Gasteiger partial charge < -0.3 is 10.1 Å². The summed E-state index contributed by atoms with van der Waals surface area (Å²) in [6.07, 6.45) is 7.18. The summed E-state index contributed by atoms with van der Waals surface area (Å²) in [5, 5.41) is 13.6. The first-order chi connectivity index (χ1) is 13.7. The molecule has 1 aromatic rings. The number of rotatable bonds is 6. The highest BCUT2D eigenvalue weighted by Crippen LogP contribution is 2.65. The number of alkyl halides is 1. The molecule has 0 aromatic heterocycles. The minimum Gasteiger partial charge on any atom is -0.456 e. The number of carbonyl (C=O) groups is 2. The van der Waals surface area contributed by atoms with Crippen molar-refractivity contribution in [3.05, 3.63) is 33.9 Å². The number of hydrogen-bond acceptors (Lipinski definition) is 5. The van der Waals surface area contributed by atoms with Crippen LogP contribution < -0.4 is 5.32 Å². The molecular weight excluding hydrogens is 440 g/mol. The first kappa shape index (κ1) is 20.3. The van der Waals surface area contributed by atoms with E-state index in [4.69, 9.17) is 4.74 Å². The minimum absolute atomic E-state index is 0.00221. The van der Waals surface area contributed by atoms with Gasteiger partial charge in [0.1, 0.15) is 0 Å². The zero-order valence-corrected chi connectivity index (χ0v) is 18.0. The van der Waals surface area contributed by atoms with Crippen LogP contribution in [0, 0.1) is 34.3 Å². The molecule has 4 aliphatic rings. The zero-order valence-electron chi connectivity index (χ0n) is 16.4. The molecule has 4 saturated carbocycles. The van der Waals surface area contributed by atoms with Crippen LogP contribution in [0.3, 0.4) is 0 Å². The normalized spacial score (nSPS) is 32.1. The minimum atomic E-state index is -0.496. The lowest BCUT2D eigenvalue weighted by Crippen LogP contribution is -2.53. The number of nitro benzene ring substituents is 1. The third-order valence-electron chi connectivity index (χ3n) is 6.77. The molecule has 156 valence electrons. The monoisotopic (exact) mass is 464 g/mol. The maximum atomic E-state index is 12.5. The second-order valence-corrected chi connectivity index (χ2v) is 10.9. The molecule has 2 unspecified atom stereocenters. The number of nitrogens with one attached hydrogen (secondary N) is 1. The van der Waals surface area contributed by atoms with Gasteiger partial charge in [-0.3, -0.25) is 19.7 Å². The zero-order chi connectivity index (χ0) is 20.8. The lowest BCUT2D eigenvalue weighted by Gasteiger charge is -2.60. The van der Waals surface area contributed by atoms with Gasteiger partial charge in [0.2, 0.25) is 0 Å². The van der Waals surface area contributed by atoms with E-state index in [1.807, 2.05) is 0 Å². The first-order valence-corrected chi connectivity index (χ1v) is 10.8. The SMILES string of the molecule is Cc1c(NC(=O)COC(=O)CC23CC4CC(CC(Br)(C4)C2)C3)cccc1[N+](=O)[O-]. The van der Waals surface area contributed by atoms with Gasteiger partial charge in [-0.15, -0.1) is 0 Å². The predicted octanol–water partition coefficient (Wildman–Crippen LogP) is 4.51. The molecule has 29 heavy (non-hydrogen) atoms. The molecule has 2 atom stereocenters. The van der Waals surface area contributed by atoms with Crippen molar-refractivity contribution >= 4 is 39.2 Å². The van der Waals surface area contributed by atoms with Crippen LogP contribution in [-0.2, 0) is 14.3 Å². The standard InChI is InChI=1S/C21H25BrN2O5/c1-13-16(3-2-4-17(13)24(27)28)23-18(25)11-29-19(26)10-20-6-14-5-15(7-20)9-21(22,8-14)12-20/h2-4,14-15H,5-12H2,1H3,(H,23,25). The fraction of sp³-hybridized carbons (Fsp3) is 0.619. The number of carbonyl (C=O) groups excluding carboxylic acids is 2. The highest BCUT2D eigenvalue weighted by atomic mass is 79.9. The van der Waals surface area contributed by atoms with Crippen molar-refractivity contribution in [1.82, 2.24) is 0 Å². The van der Waals surface area contributed by atoms with Crippen molar-refractivity contribution in [2.45, 2.75) is 56.2 Å². The quantitative estimate of drug-likeness (QED) is 0.289. The van der Waals surface area contributed by atoms with E-state index in [0.717, 1.165) is 19.3 Å². The van der Waals surface area contributed by atoms with E-state index in [-0.39, 0.29) is 28.0 Å². The number of hydrogen-bond donors (Lipinski definition) is 1. The van der Waals surface area contributed by atoms with E-state index in [1.54, 1.807) is 13.0 Å². The number of esters is 1. The Balaban J connectivity index is 1.32. The van der Waals surface area contributed by atoms with Crippen molar-refractivity contribution in [2.75, 3.05) is 11.9 Å². The van der Waals surface area contributed by atoms with Crippen LogP contribution in [0.25, 0.3) is 0 Å². The fourth-order valence-electron chi connectivity index (χ4n) is 6.19. The molecular formula is C21H25BrN2O5. The van der Waals surface area contributed by atoms with Crippen LogP contribution >= 0.6 is 15.9 Å². The molecule has 4 bridgehead atoms. The van der Waals surface area contributed by atoms with Gasteiger partial charge in [-0.1, -0.05) is 22.0 Å². The van der Waals surface area contributed by atoms with Crippen LogP contribution in [0.4, 0.5) is 11.4 Å². The molecule has 0 spiro atoms. The van der Waals surface area contributed by atoms with Crippen molar-refractivity contribution in [1.29, 1.82) is 0 Å². The maximum Gasteiger partial charge on any atom is 0.306 e. The summed E-state index contributed by atoms with van der Waals surface area (Å²) in [5.74, 6) is 0.533. The Kier molecular flexibility index (Phi) is 5.17. The molecule has 7 nitrogen and oxygen atoms in total. The van der Waals surface area contributed by atoms with Crippen LogP contribution in [0.1, 0.15) is 50.5 Å². The van der Waals surface area contributed by atoms with E-state index in [0.29, 0.717) is 29.5 Å². The van der Waals surface area contributed by atoms with Gasteiger partial charge >= 0.3 is 5.97 Å². The van der Waals surface area contributed by atoms with Gasteiger partial charge in [-0.05, 0) is 68.8 Å². The number of anilines is 1. The lowest BCUT2D eigenvalue weighted by molar-refractivity contribution is -0.385. The van der Waals surface area contributed by atoms with E-state index in [9.17, 15) is 19.7 Å². The summed E-state index contributed by atoms with van der Waals surface area (Å²) in [6.45, 7) is 1.19. The van der Waals surface area contributed by atoms with E-state index in [2.05, 4.69) is 21.2 Å². The summed E-state index contributed by atoms with van der Waals surface area (Å²) in [6, 6.07) is 4.48. The van der Waals surface area contributed by atoms with Crippen LogP contribution in [-0.4, -0.2) is 27.7 Å². The second-order valence-electron chi connectivity index (χ2n) is 9.20. The largest absolute Gasteiger partial charge is 0.456 e. The Morgan fingerprint density at radius 2 is 1.97 bits per heavy atom. The molecule has 8 heteroatoms. The van der Waals surface area contributed by atoms with Crippen LogP contribution in [0.2, 0.25) is 0 Å². The third kappa shape index (κ3) is 4.17. The van der Waals surface area contributed by atoms with Gasteiger partial charge in [0.25, 0.3) is 11.6 Å². The van der Waals surface area contributed by atoms with Gasteiger partial charge in [0.15, 0.2) is 6.61 Å². The topological polar surface area (TPSA) is 98.5 Å². The molecule has 4 fully saturated rings. The number of nitrogens with zero attached hydrogens (tertiary/aromatic N) is 1. The Labute approximate surface area is 177 Å². The fourth-order valence-corrected chi connectivity index (χ4v) is 7.70.